The van der Waals surface area contributed by atoms with E-state index in [1.165, 1.54) is 4.88 Å². The molecule has 0 saturated carbocycles. The van der Waals surface area contributed by atoms with E-state index < -0.39 is 6.10 Å². The Labute approximate surface area is 104 Å². The van der Waals surface area contributed by atoms with E-state index in [-0.39, 0.29) is 6.61 Å². The van der Waals surface area contributed by atoms with Crippen LogP contribution < -0.4 is 5.73 Å². The third kappa shape index (κ3) is 4.56. The molecule has 5 heteroatoms. The number of hydrogen-bond acceptors (Lipinski definition) is 5. The molecule has 1 aromatic rings. The molecule has 0 spiro atoms. The van der Waals surface area contributed by atoms with E-state index in [9.17, 15) is 5.11 Å². The van der Waals surface area contributed by atoms with Gasteiger partial charge in [0.15, 0.2) is 0 Å². The van der Waals surface area contributed by atoms with Gasteiger partial charge in [0, 0.05) is 21.9 Å². The standard InChI is InChI=1S/C11H15NO2S2/c12-4-1-2-9-3-5-16-11(9)8-15-7-10(14)6-13/h3,5,10,13-14H,4,6-8,12H2. The van der Waals surface area contributed by atoms with Crippen molar-refractivity contribution in [3.05, 3.63) is 21.9 Å². The minimum Gasteiger partial charge on any atom is -0.394 e. The summed E-state index contributed by atoms with van der Waals surface area (Å²) in [7, 11) is 0. The molecule has 1 heterocycles. The highest BCUT2D eigenvalue weighted by molar-refractivity contribution is 7.98. The molecule has 1 unspecified atom stereocenters. The van der Waals surface area contributed by atoms with Gasteiger partial charge in [-0.2, -0.15) is 11.8 Å². The molecule has 0 aromatic carbocycles. The molecule has 0 radical (unpaired) electrons. The number of rotatable bonds is 5. The second-order valence-corrected chi connectivity index (χ2v) is 5.15. The van der Waals surface area contributed by atoms with E-state index in [2.05, 4.69) is 11.8 Å². The molecule has 4 N–H and O–H groups in total. The van der Waals surface area contributed by atoms with Crippen LogP contribution in [0.2, 0.25) is 0 Å². The summed E-state index contributed by atoms with van der Waals surface area (Å²) in [5.41, 5.74) is 6.33. The Bertz CT molecular complexity index is 368. The van der Waals surface area contributed by atoms with Crippen LogP contribution in [-0.2, 0) is 5.75 Å². The summed E-state index contributed by atoms with van der Waals surface area (Å²) in [6.45, 7) is 0.183. The second kappa shape index (κ2) is 7.71. The lowest BCUT2D eigenvalue weighted by molar-refractivity contribution is 0.113. The van der Waals surface area contributed by atoms with Crippen LogP contribution in [0.25, 0.3) is 0 Å². The smallest absolute Gasteiger partial charge is 0.0861 e. The van der Waals surface area contributed by atoms with Crippen LogP contribution in [0.4, 0.5) is 0 Å². The molecule has 0 saturated heterocycles. The van der Waals surface area contributed by atoms with Crippen LogP contribution in [0.15, 0.2) is 11.4 Å². The molecular formula is C11H15NO2S2. The van der Waals surface area contributed by atoms with E-state index in [1.54, 1.807) is 23.1 Å². The Kier molecular flexibility index (Phi) is 6.53. The molecule has 0 amide bonds. The average Bonchev–Trinajstić information content (AvgIpc) is 2.73. The number of hydrogen-bond donors (Lipinski definition) is 3. The van der Waals surface area contributed by atoms with Gasteiger partial charge in [0.2, 0.25) is 0 Å². The molecule has 0 aliphatic heterocycles. The zero-order valence-corrected chi connectivity index (χ0v) is 10.5. The van der Waals surface area contributed by atoms with E-state index in [0.29, 0.717) is 12.3 Å². The molecule has 0 aliphatic rings. The number of aliphatic hydroxyl groups is 2. The number of thiophene rings is 1. The van der Waals surface area contributed by atoms with Crippen LogP contribution in [0, 0.1) is 11.8 Å². The zero-order valence-electron chi connectivity index (χ0n) is 8.85. The Balaban J connectivity index is 2.44. The van der Waals surface area contributed by atoms with Crippen molar-refractivity contribution in [3.63, 3.8) is 0 Å². The summed E-state index contributed by atoms with van der Waals surface area (Å²) in [6.07, 6.45) is -0.636. The van der Waals surface area contributed by atoms with Crippen molar-refractivity contribution in [1.82, 2.24) is 0 Å². The summed E-state index contributed by atoms with van der Waals surface area (Å²) in [4.78, 5) is 1.19. The van der Waals surface area contributed by atoms with Crippen molar-refractivity contribution in [2.75, 3.05) is 18.9 Å². The van der Waals surface area contributed by atoms with Gasteiger partial charge < -0.3 is 15.9 Å². The molecule has 1 aromatic heterocycles. The molecule has 16 heavy (non-hydrogen) atoms. The monoisotopic (exact) mass is 257 g/mol. The Morgan fingerprint density at radius 1 is 1.56 bits per heavy atom. The fraction of sp³-hybridized carbons (Fsp3) is 0.455. The topological polar surface area (TPSA) is 66.5 Å². The third-order valence-electron chi connectivity index (χ3n) is 1.82. The normalized spacial score (nSPS) is 11.9. The predicted octanol–water partition coefficient (Wildman–Crippen LogP) is 0.645. The van der Waals surface area contributed by atoms with Crippen molar-refractivity contribution in [3.8, 4) is 11.8 Å². The van der Waals surface area contributed by atoms with Gasteiger partial charge in [-0.25, -0.2) is 0 Å². The Morgan fingerprint density at radius 3 is 3.06 bits per heavy atom. The zero-order chi connectivity index (χ0) is 11.8. The largest absolute Gasteiger partial charge is 0.394 e. The lowest BCUT2D eigenvalue weighted by Gasteiger charge is -2.05. The molecule has 1 atom stereocenters. The predicted molar refractivity (Wildman–Crippen MR) is 69.5 cm³/mol. The van der Waals surface area contributed by atoms with Crippen LogP contribution in [0.5, 0.6) is 0 Å². The summed E-state index contributed by atoms with van der Waals surface area (Å²) >= 11 is 3.24. The molecule has 3 nitrogen and oxygen atoms in total. The van der Waals surface area contributed by atoms with Gasteiger partial charge >= 0.3 is 0 Å². The number of aliphatic hydroxyl groups excluding tert-OH is 2. The summed E-state index contributed by atoms with van der Waals surface area (Å²) in [5, 5.41) is 19.8. The van der Waals surface area contributed by atoms with Crippen molar-refractivity contribution < 1.29 is 10.2 Å². The van der Waals surface area contributed by atoms with Gasteiger partial charge in [0.05, 0.1) is 19.3 Å². The molecule has 0 aliphatic carbocycles. The summed E-state index contributed by atoms with van der Waals surface area (Å²) in [5.74, 6) is 7.19. The minimum atomic E-state index is -0.636. The van der Waals surface area contributed by atoms with Gasteiger partial charge in [-0.15, -0.1) is 11.3 Å². The van der Waals surface area contributed by atoms with Crippen molar-refractivity contribution >= 4 is 23.1 Å². The van der Waals surface area contributed by atoms with Gasteiger partial charge in [-0.05, 0) is 11.4 Å². The fourth-order valence-electron chi connectivity index (χ4n) is 1.05. The lowest BCUT2D eigenvalue weighted by Crippen LogP contribution is -2.14. The lowest BCUT2D eigenvalue weighted by atomic mass is 10.3. The quantitative estimate of drug-likeness (QED) is 0.677. The first kappa shape index (κ1) is 13.6. The average molecular weight is 257 g/mol. The van der Waals surface area contributed by atoms with Gasteiger partial charge in [0.25, 0.3) is 0 Å². The van der Waals surface area contributed by atoms with Crippen molar-refractivity contribution in [2.45, 2.75) is 11.9 Å². The van der Waals surface area contributed by atoms with E-state index in [1.807, 2.05) is 11.4 Å². The highest BCUT2D eigenvalue weighted by atomic mass is 32.2. The van der Waals surface area contributed by atoms with Crippen molar-refractivity contribution in [1.29, 1.82) is 0 Å². The summed E-state index contributed by atoms with van der Waals surface area (Å²) in [6, 6.07) is 1.98. The van der Waals surface area contributed by atoms with Crippen molar-refractivity contribution in [2.24, 2.45) is 5.73 Å². The highest BCUT2D eigenvalue weighted by Gasteiger charge is 2.05. The highest BCUT2D eigenvalue weighted by Crippen LogP contribution is 2.22. The minimum absolute atomic E-state index is 0.183. The number of thioether (sulfide) groups is 1. The first-order valence-electron chi connectivity index (χ1n) is 4.90. The number of nitrogens with two attached hydrogens (primary N) is 1. The van der Waals surface area contributed by atoms with Gasteiger partial charge in [-0.3, -0.25) is 0 Å². The van der Waals surface area contributed by atoms with Crippen LogP contribution >= 0.6 is 23.1 Å². The molecule has 88 valence electrons. The SMILES string of the molecule is NCC#Cc1ccsc1CSCC(O)CO. The Hall–Kier alpha value is -0.510. The van der Waals surface area contributed by atoms with Gasteiger partial charge in [-0.1, -0.05) is 11.8 Å². The third-order valence-corrected chi connectivity index (χ3v) is 4.04. The van der Waals surface area contributed by atoms with Crippen LogP contribution in [-0.4, -0.2) is 35.2 Å². The van der Waals surface area contributed by atoms with E-state index in [4.69, 9.17) is 10.8 Å². The van der Waals surface area contributed by atoms with Crippen LogP contribution in [0.1, 0.15) is 10.4 Å². The molecule has 0 fully saturated rings. The fourth-order valence-corrected chi connectivity index (χ4v) is 3.02. The first-order chi connectivity index (χ1) is 7.77. The Morgan fingerprint density at radius 2 is 2.38 bits per heavy atom. The maximum atomic E-state index is 9.19. The van der Waals surface area contributed by atoms with Gasteiger partial charge in [0.1, 0.15) is 0 Å². The first-order valence-corrected chi connectivity index (χ1v) is 6.93. The molecule has 1 rings (SSSR count). The summed E-state index contributed by atoms with van der Waals surface area (Å²) < 4.78 is 0. The maximum Gasteiger partial charge on any atom is 0.0861 e. The molecular weight excluding hydrogens is 242 g/mol. The maximum absolute atomic E-state index is 9.19. The van der Waals surface area contributed by atoms with Crippen LogP contribution in [0.3, 0.4) is 0 Å². The second-order valence-electron chi connectivity index (χ2n) is 3.11. The van der Waals surface area contributed by atoms with E-state index in [0.717, 1.165) is 11.3 Å². The van der Waals surface area contributed by atoms with E-state index >= 15 is 0 Å². The molecule has 0 bridgehead atoms.